The van der Waals surface area contributed by atoms with E-state index in [1.807, 2.05) is 0 Å². The number of carboxylic acid groups (broad SMARTS) is 1. The molecule has 0 aliphatic heterocycles. The van der Waals surface area contributed by atoms with Crippen molar-refractivity contribution in [1.82, 2.24) is 15.3 Å². The predicted octanol–water partition coefficient (Wildman–Crippen LogP) is 2.47. The first-order valence-electron chi connectivity index (χ1n) is 7.34. The molecular formula is C15H16ClFN4O4S. The van der Waals surface area contributed by atoms with E-state index in [0.717, 1.165) is 11.3 Å². The van der Waals surface area contributed by atoms with Crippen molar-refractivity contribution >= 4 is 45.6 Å². The molecule has 2 aromatic heterocycles. The lowest BCUT2D eigenvalue weighted by atomic mass is 10.0. The summed E-state index contributed by atoms with van der Waals surface area (Å²) in [7, 11) is 0. The summed E-state index contributed by atoms with van der Waals surface area (Å²) in [5.74, 6) is -1.76. The molecule has 140 valence electrons. The van der Waals surface area contributed by atoms with Crippen LogP contribution in [0.4, 0.5) is 15.2 Å². The predicted molar refractivity (Wildman–Crippen MR) is 95.1 cm³/mol. The van der Waals surface area contributed by atoms with Crippen molar-refractivity contribution in [3.05, 3.63) is 34.1 Å². The summed E-state index contributed by atoms with van der Waals surface area (Å²) in [5.41, 5.74) is -1.31. The van der Waals surface area contributed by atoms with Crippen molar-refractivity contribution < 1.29 is 24.2 Å². The molecule has 0 aromatic carbocycles. The zero-order chi connectivity index (χ0) is 19.5. The van der Waals surface area contributed by atoms with Gasteiger partial charge < -0.3 is 20.8 Å². The molecule has 11 heteroatoms. The second kappa shape index (κ2) is 7.94. The van der Waals surface area contributed by atoms with E-state index >= 15 is 0 Å². The van der Waals surface area contributed by atoms with Gasteiger partial charge in [0.25, 0.3) is 5.91 Å². The molecule has 0 aliphatic rings. The van der Waals surface area contributed by atoms with Gasteiger partial charge in [-0.2, -0.15) is 0 Å². The second-order valence-corrected chi connectivity index (χ2v) is 7.26. The van der Waals surface area contributed by atoms with Crippen LogP contribution in [0.25, 0.3) is 0 Å². The van der Waals surface area contributed by atoms with Gasteiger partial charge in [-0.3, -0.25) is 4.79 Å². The van der Waals surface area contributed by atoms with Crippen LogP contribution in [0.2, 0.25) is 5.15 Å². The normalized spacial score (nSPS) is 12.5. The molecule has 0 saturated heterocycles. The Kier molecular flexibility index (Phi) is 6.11. The van der Waals surface area contributed by atoms with E-state index < -0.39 is 30.2 Å². The Morgan fingerprint density at radius 3 is 2.65 bits per heavy atom. The molecule has 0 radical (unpaired) electrons. The van der Waals surface area contributed by atoms with Gasteiger partial charge >= 0.3 is 5.97 Å². The zero-order valence-corrected chi connectivity index (χ0v) is 15.4. The number of thiazole rings is 1. The van der Waals surface area contributed by atoms with E-state index in [0.29, 0.717) is 0 Å². The number of carbonyl (C=O) groups is 2. The molecule has 0 spiro atoms. The Bertz CT molecular complexity index is 824. The maximum atomic E-state index is 13.8. The van der Waals surface area contributed by atoms with Gasteiger partial charge in [-0.25, -0.2) is 19.2 Å². The molecule has 0 bridgehead atoms. The maximum Gasteiger partial charge on any atom is 0.347 e. The Morgan fingerprint density at radius 1 is 1.38 bits per heavy atom. The van der Waals surface area contributed by atoms with Crippen LogP contribution in [-0.2, 0) is 0 Å². The SMILES string of the molecule is CC(C)(O)C(F)CNC(=O)c1cnc(Cl)cc1Nc1ncc(C(=O)O)s1. The van der Waals surface area contributed by atoms with Crippen LogP contribution in [0.5, 0.6) is 0 Å². The fourth-order valence-corrected chi connectivity index (χ4v) is 2.61. The summed E-state index contributed by atoms with van der Waals surface area (Å²) in [4.78, 5) is 31.0. The summed E-state index contributed by atoms with van der Waals surface area (Å²) in [5, 5.41) is 24.0. The van der Waals surface area contributed by atoms with Crippen LogP contribution in [0.3, 0.4) is 0 Å². The molecule has 4 N–H and O–H groups in total. The molecule has 26 heavy (non-hydrogen) atoms. The lowest BCUT2D eigenvalue weighted by molar-refractivity contribution is -0.00178. The summed E-state index contributed by atoms with van der Waals surface area (Å²) < 4.78 is 13.8. The largest absolute Gasteiger partial charge is 0.477 e. The molecular weight excluding hydrogens is 387 g/mol. The third kappa shape index (κ3) is 5.10. The minimum Gasteiger partial charge on any atom is -0.477 e. The first kappa shape index (κ1) is 20.0. The van der Waals surface area contributed by atoms with Crippen LogP contribution in [0.1, 0.15) is 33.9 Å². The van der Waals surface area contributed by atoms with E-state index in [9.17, 15) is 19.1 Å². The Hall–Kier alpha value is -2.30. The van der Waals surface area contributed by atoms with Crippen LogP contribution < -0.4 is 10.6 Å². The molecule has 0 aliphatic carbocycles. The number of nitrogens with zero attached hydrogens (tertiary/aromatic N) is 2. The number of rotatable bonds is 7. The molecule has 1 atom stereocenters. The molecule has 0 saturated carbocycles. The van der Waals surface area contributed by atoms with Crippen LogP contribution in [-0.4, -0.2) is 50.4 Å². The first-order chi connectivity index (χ1) is 12.1. The van der Waals surface area contributed by atoms with Crippen molar-refractivity contribution in [2.75, 3.05) is 11.9 Å². The average Bonchev–Trinajstić information content (AvgIpc) is 3.00. The lowest BCUT2D eigenvalue weighted by Gasteiger charge is -2.22. The summed E-state index contributed by atoms with van der Waals surface area (Å²) >= 11 is 6.72. The van der Waals surface area contributed by atoms with Gasteiger partial charge in [0.1, 0.15) is 16.2 Å². The quantitative estimate of drug-likeness (QED) is 0.524. The number of pyridine rings is 1. The van der Waals surface area contributed by atoms with Crippen molar-refractivity contribution in [2.24, 2.45) is 0 Å². The number of aliphatic hydroxyl groups is 1. The minimum atomic E-state index is -1.67. The molecule has 1 amide bonds. The number of amides is 1. The first-order valence-corrected chi connectivity index (χ1v) is 8.53. The fraction of sp³-hybridized carbons (Fsp3) is 0.333. The van der Waals surface area contributed by atoms with Gasteiger partial charge in [-0.15, -0.1) is 0 Å². The summed E-state index contributed by atoms with van der Waals surface area (Å²) in [6, 6.07) is 1.36. The van der Waals surface area contributed by atoms with Crippen LogP contribution in [0, 0.1) is 0 Å². The Labute approximate surface area is 157 Å². The Morgan fingerprint density at radius 2 is 2.08 bits per heavy atom. The number of nitrogens with one attached hydrogen (secondary N) is 2. The molecule has 0 fully saturated rings. The van der Waals surface area contributed by atoms with E-state index in [-0.39, 0.29) is 26.4 Å². The standard InChI is InChI=1S/C15H16ClFN4O4S/c1-15(2,25)10(17)6-19-12(22)7-4-18-11(16)3-8(7)21-14-20-5-9(26-14)13(23)24/h3-5,10,25H,6H2,1-2H3,(H,19,22)(H,23,24)(H,18,20,21). The van der Waals surface area contributed by atoms with Crippen molar-refractivity contribution in [1.29, 1.82) is 0 Å². The van der Waals surface area contributed by atoms with Gasteiger partial charge in [0.15, 0.2) is 5.13 Å². The zero-order valence-electron chi connectivity index (χ0n) is 13.8. The number of hydrogen-bond donors (Lipinski definition) is 4. The van der Waals surface area contributed by atoms with E-state index in [4.69, 9.17) is 16.7 Å². The molecule has 2 rings (SSSR count). The highest BCUT2D eigenvalue weighted by Gasteiger charge is 2.27. The number of halogens is 2. The number of hydrogen-bond acceptors (Lipinski definition) is 7. The summed E-state index contributed by atoms with van der Waals surface area (Å²) in [6.45, 7) is 2.19. The summed E-state index contributed by atoms with van der Waals surface area (Å²) in [6.07, 6.45) is 0.706. The molecule has 8 nitrogen and oxygen atoms in total. The van der Waals surface area contributed by atoms with Gasteiger partial charge in [-0.05, 0) is 19.9 Å². The maximum absolute atomic E-state index is 13.8. The van der Waals surface area contributed by atoms with Crippen LogP contribution in [0.15, 0.2) is 18.5 Å². The topological polar surface area (TPSA) is 124 Å². The van der Waals surface area contributed by atoms with Crippen LogP contribution >= 0.6 is 22.9 Å². The fourth-order valence-electron chi connectivity index (χ4n) is 1.79. The van der Waals surface area contributed by atoms with Crippen molar-refractivity contribution in [2.45, 2.75) is 25.6 Å². The van der Waals surface area contributed by atoms with Crippen molar-refractivity contribution in [3.63, 3.8) is 0 Å². The van der Waals surface area contributed by atoms with Gasteiger partial charge in [-0.1, -0.05) is 22.9 Å². The van der Waals surface area contributed by atoms with E-state index in [1.54, 1.807) is 0 Å². The highest BCUT2D eigenvalue weighted by molar-refractivity contribution is 7.17. The number of carboxylic acids is 1. The Balaban J connectivity index is 2.18. The number of aromatic carboxylic acids is 1. The highest BCUT2D eigenvalue weighted by Crippen LogP contribution is 2.26. The molecule has 1 unspecified atom stereocenters. The van der Waals surface area contributed by atoms with E-state index in [1.165, 1.54) is 32.3 Å². The molecule has 2 aromatic rings. The average molecular weight is 403 g/mol. The molecule has 2 heterocycles. The number of anilines is 2. The van der Waals surface area contributed by atoms with Crippen molar-refractivity contribution in [3.8, 4) is 0 Å². The third-order valence-corrected chi connectivity index (χ3v) is 4.39. The van der Waals surface area contributed by atoms with Gasteiger partial charge in [0.05, 0.1) is 29.6 Å². The lowest BCUT2D eigenvalue weighted by Crippen LogP contribution is -2.42. The second-order valence-electron chi connectivity index (χ2n) is 5.84. The van der Waals surface area contributed by atoms with E-state index in [2.05, 4.69) is 20.6 Å². The highest BCUT2D eigenvalue weighted by atomic mass is 35.5. The number of carbonyl (C=O) groups excluding carboxylic acids is 1. The third-order valence-electron chi connectivity index (χ3n) is 3.28. The van der Waals surface area contributed by atoms with Gasteiger partial charge in [0.2, 0.25) is 0 Å². The number of alkyl halides is 1. The monoisotopic (exact) mass is 402 g/mol. The number of aromatic nitrogens is 2. The van der Waals surface area contributed by atoms with Gasteiger partial charge in [0, 0.05) is 6.20 Å². The smallest absolute Gasteiger partial charge is 0.347 e. The minimum absolute atomic E-state index is 0.0177.